The van der Waals surface area contributed by atoms with Crippen molar-refractivity contribution < 1.29 is 13.4 Å². The Morgan fingerprint density at radius 1 is 0.659 bits per heavy atom. The van der Waals surface area contributed by atoms with Gasteiger partial charge in [-0.1, -0.05) is 84.1 Å². The van der Waals surface area contributed by atoms with Crippen LogP contribution in [0.4, 0.5) is 0 Å². The first kappa shape index (κ1) is 27.2. The summed E-state index contributed by atoms with van der Waals surface area (Å²) in [5.41, 5.74) is 5.06. The lowest BCUT2D eigenvalue weighted by molar-refractivity contribution is 0.483. The van der Waals surface area contributed by atoms with Crippen molar-refractivity contribution in [3.8, 4) is 51.0 Å². The number of ether oxygens (including phenoxy) is 1. The first-order valence-electron chi connectivity index (χ1n) is 14.0. The monoisotopic (exact) mass is 594 g/mol. The maximum absolute atomic E-state index is 13.4. The van der Waals surface area contributed by atoms with Gasteiger partial charge in [0.05, 0.1) is 22.7 Å². The van der Waals surface area contributed by atoms with Gasteiger partial charge in [-0.05, 0) is 60.7 Å². The van der Waals surface area contributed by atoms with Crippen molar-refractivity contribution in [2.75, 3.05) is 0 Å². The molecule has 7 aromatic rings. The Bertz CT molecular complexity index is 1950. The van der Waals surface area contributed by atoms with Gasteiger partial charge in [-0.3, -0.25) is 4.21 Å². The van der Waals surface area contributed by atoms with Gasteiger partial charge in [-0.2, -0.15) is 0 Å². The van der Waals surface area contributed by atoms with E-state index in [2.05, 4.69) is 10.3 Å². The van der Waals surface area contributed by atoms with E-state index in [4.69, 9.17) is 14.1 Å². The molecule has 1 unspecified atom stereocenters. The normalized spacial score (nSPS) is 11.7. The zero-order valence-corrected chi connectivity index (χ0v) is 24.3. The summed E-state index contributed by atoms with van der Waals surface area (Å²) < 4.78 is 27.1. The van der Waals surface area contributed by atoms with Crippen LogP contribution in [-0.4, -0.2) is 24.2 Å². The van der Waals surface area contributed by atoms with Gasteiger partial charge in [0.25, 0.3) is 0 Å². The van der Waals surface area contributed by atoms with Crippen LogP contribution in [0.15, 0.2) is 155 Å². The number of hydrogen-bond acceptors (Lipinski definition) is 6. The first-order valence-corrected chi connectivity index (χ1v) is 15.4. The quantitative estimate of drug-likeness (QED) is 0.167. The molecular formula is C36H26N4O3S. The SMILES string of the molecule is O=S(Cc1nc(-c2ccccc2)c(-c2ccccc2)o1)c1ccc(-n2cc(-c3ccc(Oc4ccccc4)cc3)nn2)cc1. The highest BCUT2D eigenvalue weighted by molar-refractivity contribution is 7.84. The highest BCUT2D eigenvalue weighted by atomic mass is 32.2. The molecular weight excluding hydrogens is 568 g/mol. The van der Waals surface area contributed by atoms with E-state index in [0.29, 0.717) is 16.5 Å². The molecule has 0 N–H and O–H groups in total. The van der Waals surface area contributed by atoms with Crippen molar-refractivity contribution in [3.63, 3.8) is 0 Å². The van der Waals surface area contributed by atoms with Crippen LogP contribution in [0.3, 0.4) is 0 Å². The zero-order valence-electron chi connectivity index (χ0n) is 23.5. The molecule has 2 aromatic heterocycles. The van der Waals surface area contributed by atoms with Crippen LogP contribution < -0.4 is 4.74 Å². The third-order valence-electron chi connectivity index (χ3n) is 7.00. The molecule has 8 heteroatoms. The minimum absolute atomic E-state index is 0.156. The fourth-order valence-electron chi connectivity index (χ4n) is 4.79. The van der Waals surface area contributed by atoms with Gasteiger partial charge in [0.1, 0.15) is 28.6 Å². The maximum atomic E-state index is 13.4. The number of para-hydroxylation sites is 1. The predicted octanol–water partition coefficient (Wildman–Crippen LogP) is 8.36. The van der Waals surface area contributed by atoms with Crippen molar-refractivity contribution in [1.29, 1.82) is 0 Å². The molecule has 0 fully saturated rings. The molecule has 1 atom stereocenters. The standard InChI is InChI=1S/C36H26N4O3S/c41-44(25-34-37-35(27-10-4-1-5-11-27)36(43-34)28-12-6-2-7-13-28)32-22-18-29(19-23-32)40-24-33(38-39-40)26-16-20-31(21-17-26)42-30-14-8-3-9-15-30/h1-24H,25H2. The number of aromatic nitrogens is 4. The minimum atomic E-state index is -1.36. The van der Waals surface area contributed by atoms with Gasteiger partial charge in [0.2, 0.25) is 5.89 Å². The summed E-state index contributed by atoms with van der Waals surface area (Å²) in [4.78, 5) is 5.43. The summed E-state index contributed by atoms with van der Waals surface area (Å²) in [5, 5.41) is 8.64. The lowest BCUT2D eigenvalue weighted by atomic mass is 10.1. The van der Waals surface area contributed by atoms with Gasteiger partial charge < -0.3 is 9.15 Å². The second kappa shape index (κ2) is 12.3. The Morgan fingerprint density at radius 3 is 1.95 bits per heavy atom. The highest BCUT2D eigenvalue weighted by Gasteiger charge is 2.19. The fraction of sp³-hybridized carbons (Fsp3) is 0.0278. The highest BCUT2D eigenvalue weighted by Crippen LogP contribution is 2.33. The van der Waals surface area contributed by atoms with E-state index < -0.39 is 10.8 Å². The Morgan fingerprint density at radius 2 is 1.27 bits per heavy atom. The van der Waals surface area contributed by atoms with Crippen LogP contribution in [0, 0.1) is 0 Å². The van der Waals surface area contributed by atoms with Crippen molar-refractivity contribution in [2.45, 2.75) is 10.6 Å². The van der Waals surface area contributed by atoms with Gasteiger partial charge in [-0.25, -0.2) is 9.67 Å². The van der Waals surface area contributed by atoms with Crippen molar-refractivity contribution >= 4 is 10.8 Å². The number of benzene rings is 5. The summed E-state index contributed by atoms with van der Waals surface area (Å²) in [5.74, 6) is 2.77. The molecule has 7 rings (SSSR count). The Hall–Kier alpha value is -5.60. The summed E-state index contributed by atoms with van der Waals surface area (Å²) in [6.45, 7) is 0. The molecule has 44 heavy (non-hydrogen) atoms. The van der Waals surface area contributed by atoms with Crippen LogP contribution in [0.2, 0.25) is 0 Å². The minimum Gasteiger partial charge on any atom is -0.457 e. The van der Waals surface area contributed by atoms with Crippen molar-refractivity contribution in [2.24, 2.45) is 0 Å². The van der Waals surface area contributed by atoms with E-state index >= 15 is 0 Å². The molecule has 0 aliphatic carbocycles. The third kappa shape index (κ3) is 5.97. The predicted molar refractivity (Wildman–Crippen MR) is 171 cm³/mol. The molecule has 0 saturated heterocycles. The second-order valence-electron chi connectivity index (χ2n) is 9.99. The first-order chi connectivity index (χ1) is 21.7. The van der Waals surface area contributed by atoms with E-state index in [-0.39, 0.29) is 5.75 Å². The van der Waals surface area contributed by atoms with E-state index in [1.807, 2.05) is 146 Å². The van der Waals surface area contributed by atoms with Crippen LogP contribution >= 0.6 is 0 Å². The zero-order chi connectivity index (χ0) is 29.7. The van der Waals surface area contributed by atoms with Gasteiger partial charge >= 0.3 is 0 Å². The number of nitrogens with zero attached hydrogens (tertiary/aromatic N) is 4. The van der Waals surface area contributed by atoms with E-state index in [0.717, 1.165) is 45.3 Å². The van der Waals surface area contributed by atoms with E-state index in [9.17, 15) is 4.21 Å². The average Bonchev–Trinajstić information content (AvgIpc) is 3.75. The van der Waals surface area contributed by atoms with Gasteiger partial charge in [0.15, 0.2) is 5.76 Å². The summed E-state index contributed by atoms with van der Waals surface area (Å²) in [6.07, 6.45) is 1.86. The Kier molecular flexibility index (Phi) is 7.63. The van der Waals surface area contributed by atoms with Crippen LogP contribution in [0.1, 0.15) is 5.89 Å². The van der Waals surface area contributed by atoms with Gasteiger partial charge in [-0.15, -0.1) is 5.10 Å². The van der Waals surface area contributed by atoms with Crippen LogP contribution in [-0.2, 0) is 16.6 Å². The molecule has 0 radical (unpaired) electrons. The fourth-order valence-corrected chi connectivity index (χ4v) is 5.74. The number of rotatable bonds is 9. The second-order valence-corrected chi connectivity index (χ2v) is 11.4. The molecule has 0 bridgehead atoms. The Labute approximate surface area is 256 Å². The molecule has 214 valence electrons. The molecule has 7 nitrogen and oxygen atoms in total. The van der Waals surface area contributed by atoms with E-state index in [1.165, 1.54) is 0 Å². The van der Waals surface area contributed by atoms with Crippen molar-refractivity contribution in [3.05, 3.63) is 152 Å². The molecule has 0 aliphatic rings. The van der Waals surface area contributed by atoms with E-state index in [1.54, 1.807) is 4.68 Å². The lowest BCUT2D eigenvalue weighted by Crippen LogP contribution is -1.99. The molecule has 0 aliphatic heterocycles. The summed E-state index contributed by atoms with van der Waals surface area (Å²) >= 11 is 0. The molecule has 5 aromatic carbocycles. The molecule has 0 amide bonds. The molecule has 2 heterocycles. The maximum Gasteiger partial charge on any atom is 0.208 e. The van der Waals surface area contributed by atoms with Crippen LogP contribution in [0.5, 0.6) is 11.5 Å². The lowest BCUT2D eigenvalue weighted by Gasteiger charge is -2.05. The third-order valence-corrected chi connectivity index (χ3v) is 8.30. The van der Waals surface area contributed by atoms with Crippen LogP contribution in [0.25, 0.3) is 39.5 Å². The number of hydrogen-bond donors (Lipinski definition) is 0. The Balaban J connectivity index is 1.05. The smallest absolute Gasteiger partial charge is 0.208 e. The average molecular weight is 595 g/mol. The van der Waals surface area contributed by atoms with Crippen molar-refractivity contribution in [1.82, 2.24) is 20.0 Å². The molecule has 0 spiro atoms. The topological polar surface area (TPSA) is 83.0 Å². The summed E-state index contributed by atoms with van der Waals surface area (Å²) in [6, 6.07) is 44.5. The summed E-state index contributed by atoms with van der Waals surface area (Å²) in [7, 11) is -1.36. The molecule has 0 saturated carbocycles. The largest absolute Gasteiger partial charge is 0.457 e. The van der Waals surface area contributed by atoms with Gasteiger partial charge in [0, 0.05) is 21.6 Å². The number of oxazole rings is 1.